The van der Waals surface area contributed by atoms with Crippen molar-refractivity contribution in [3.05, 3.63) is 34.3 Å². The number of halogens is 1. The molecule has 3 heteroatoms. The lowest BCUT2D eigenvalue weighted by molar-refractivity contribution is 0.112. The van der Waals surface area contributed by atoms with Gasteiger partial charge in [-0.2, -0.15) is 0 Å². The molecule has 0 aliphatic rings. The Morgan fingerprint density at radius 2 is 2.21 bits per heavy atom. The second-order valence-corrected chi connectivity index (χ2v) is 3.10. The Hall–Kier alpha value is -1.30. The van der Waals surface area contributed by atoms with Crippen molar-refractivity contribution in [2.75, 3.05) is 6.61 Å². The fraction of sp³-hybridized carbons (Fsp3) is 0.182. The molecule has 1 rings (SSSR count). The molecule has 0 saturated carbocycles. The van der Waals surface area contributed by atoms with Crippen molar-refractivity contribution in [3.63, 3.8) is 0 Å². The lowest BCUT2D eigenvalue weighted by Crippen LogP contribution is -1.83. The fourth-order valence-electron chi connectivity index (χ4n) is 0.973. The van der Waals surface area contributed by atoms with E-state index in [4.69, 9.17) is 16.7 Å². The Labute approximate surface area is 87.5 Å². The molecule has 0 amide bonds. The predicted molar refractivity (Wildman–Crippen MR) is 55.4 cm³/mol. The minimum absolute atomic E-state index is 0.0358. The van der Waals surface area contributed by atoms with Gasteiger partial charge in [0.25, 0.3) is 0 Å². The van der Waals surface area contributed by atoms with E-state index in [1.165, 1.54) is 0 Å². The molecule has 0 spiro atoms. The summed E-state index contributed by atoms with van der Waals surface area (Å²) < 4.78 is 0. The van der Waals surface area contributed by atoms with Gasteiger partial charge in [-0.3, -0.25) is 4.79 Å². The molecule has 1 aromatic carbocycles. The van der Waals surface area contributed by atoms with Gasteiger partial charge in [0.1, 0.15) is 6.29 Å². The minimum atomic E-state index is 0.0358. The Morgan fingerprint density at radius 3 is 2.86 bits per heavy atom. The normalized spacial score (nSPS) is 9.00. The van der Waals surface area contributed by atoms with Gasteiger partial charge in [-0.05, 0) is 18.2 Å². The summed E-state index contributed by atoms with van der Waals surface area (Å²) in [6.07, 6.45) is 1.14. The average Bonchev–Trinajstić information content (AvgIpc) is 2.17. The molecule has 0 aliphatic carbocycles. The molecule has 0 fully saturated rings. The van der Waals surface area contributed by atoms with E-state index in [0.29, 0.717) is 22.6 Å². The first kappa shape index (κ1) is 10.8. The van der Waals surface area contributed by atoms with Gasteiger partial charge in [0.05, 0.1) is 6.61 Å². The van der Waals surface area contributed by atoms with Crippen molar-refractivity contribution in [1.82, 2.24) is 0 Å². The third kappa shape index (κ3) is 3.21. The zero-order chi connectivity index (χ0) is 10.4. The Kier molecular flexibility index (Phi) is 4.18. The third-order valence-corrected chi connectivity index (χ3v) is 1.74. The molecule has 0 aliphatic heterocycles. The topological polar surface area (TPSA) is 37.3 Å². The number of aliphatic hydroxyl groups excluding tert-OH is 1. The van der Waals surface area contributed by atoms with Crippen molar-refractivity contribution in [2.45, 2.75) is 6.42 Å². The second-order valence-electron chi connectivity index (χ2n) is 2.67. The number of aldehydes is 1. The molecule has 2 nitrogen and oxygen atoms in total. The Bertz CT molecular complexity index is 388. The van der Waals surface area contributed by atoms with Crippen molar-refractivity contribution in [1.29, 1.82) is 0 Å². The molecule has 0 saturated heterocycles. The van der Waals surface area contributed by atoms with Crippen molar-refractivity contribution in [3.8, 4) is 11.8 Å². The highest BCUT2D eigenvalue weighted by atomic mass is 35.5. The van der Waals surface area contributed by atoms with E-state index in [-0.39, 0.29) is 6.61 Å². The van der Waals surface area contributed by atoms with Crippen LogP contribution in [0, 0.1) is 11.8 Å². The van der Waals surface area contributed by atoms with Crippen LogP contribution in [0.2, 0.25) is 5.02 Å². The van der Waals surface area contributed by atoms with Crippen molar-refractivity contribution in [2.24, 2.45) is 0 Å². The molecule has 0 aromatic heterocycles. The summed E-state index contributed by atoms with van der Waals surface area (Å²) >= 11 is 5.77. The van der Waals surface area contributed by atoms with Crippen LogP contribution in [0.25, 0.3) is 0 Å². The van der Waals surface area contributed by atoms with Gasteiger partial charge in [-0.1, -0.05) is 23.4 Å². The Morgan fingerprint density at radius 1 is 1.43 bits per heavy atom. The van der Waals surface area contributed by atoms with Gasteiger partial charge >= 0.3 is 0 Å². The molecule has 0 radical (unpaired) electrons. The first-order valence-electron chi connectivity index (χ1n) is 4.12. The molecule has 1 aromatic rings. The summed E-state index contributed by atoms with van der Waals surface area (Å²) in [7, 11) is 0. The standard InChI is InChI=1S/C11H9ClO2/c12-11-6-9(3-1-2-4-13)5-10(7-11)8-14/h5-8,13H,2,4H2. The van der Waals surface area contributed by atoms with Crippen LogP contribution in [-0.4, -0.2) is 18.0 Å². The largest absolute Gasteiger partial charge is 0.395 e. The average molecular weight is 209 g/mol. The molecular formula is C11H9ClO2. The highest BCUT2D eigenvalue weighted by molar-refractivity contribution is 6.31. The number of hydrogen-bond acceptors (Lipinski definition) is 2. The van der Waals surface area contributed by atoms with Gasteiger partial charge in [-0.25, -0.2) is 0 Å². The van der Waals surface area contributed by atoms with E-state index >= 15 is 0 Å². The van der Waals surface area contributed by atoms with Gasteiger partial charge in [-0.15, -0.1) is 0 Å². The number of carbonyl (C=O) groups is 1. The molecule has 14 heavy (non-hydrogen) atoms. The second kappa shape index (κ2) is 5.43. The van der Waals surface area contributed by atoms with E-state index in [0.717, 1.165) is 6.29 Å². The molecule has 72 valence electrons. The quantitative estimate of drug-likeness (QED) is 0.595. The van der Waals surface area contributed by atoms with Crippen LogP contribution in [-0.2, 0) is 0 Å². The van der Waals surface area contributed by atoms with Crippen LogP contribution in [0.15, 0.2) is 18.2 Å². The van der Waals surface area contributed by atoms with Crippen LogP contribution in [0.3, 0.4) is 0 Å². The van der Waals surface area contributed by atoms with Gasteiger partial charge in [0.2, 0.25) is 0 Å². The monoisotopic (exact) mass is 208 g/mol. The first-order valence-corrected chi connectivity index (χ1v) is 4.49. The summed E-state index contributed by atoms with van der Waals surface area (Å²) in [5, 5.41) is 9.00. The lowest BCUT2D eigenvalue weighted by atomic mass is 10.1. The van der Waals surface area contributed by atoms with E-state index in [1.807, 2.05) is 0 Å². The maximum Gasteiger partial charge on any atom is 0.150 e. The number of aliphatic hydroxyl groups is 1. The summed E-state index contributed by atoms with van der Waals surface area (Å²) in [6, 6.07) is 4.91. The highest BCUT2D eigenvalue weighted by Crippen LogP contribution is 2.13. The number of hydrogen-bond donors (Lipinski definition) is 1. The summed E-state index contributed by atoms with van der Waals surface area (Å²) in [4.78, 5) is 10.5. The zero-order valence-corrected chi connectivity index (χ0v) is 8.21. The van der Waals surface area contributed by atoms with Crippen LogP contribution in [0.1, 0.15) is 22.3 Å². The third-order valence-electron chi connectivity index (χ3n) is 1.53. The van der Waals surface area contributed by atoms with Crippen LogP contribution >= 0.6 is 11.6 Å². The molecular weight excluding hydrogens is 200 g/mol. The Balaban J connectivity index is 2.93. The first-order chi connectivity index (χ1) is 6.76. The van der Waals surface area contributed by atoms with E-state index in [9.17, 15) is 4.79 Å². The van der Waals surface area contributed by atoms with Gasteiger partial charge in [0.15, 0.2) is 0 Å². The molecule has 0 heterocycles. The molecule has 0 unspecified atom stereocenters. The maximum absolute atomic E-state index is 10.5. The fourth-order valence-corrected chi connectivity index (χ4v) is 1.22. The predicted octanol–water partition coefficient (Wildman–Crippen LogP) is 1.89. The molecule has 0 bridgehead atoms. The van der Waals surface area contributed by atoms with E-state index in [2.05, 4.69) is 11.8 Å². The smallest absolute Gasteiger partial charge is 0.150 e. The SMILES string of the molecule is O=Cc1cc(Cl)cc(C#CCCO)c1. The van der Waals surface area contributed by atoms with E-state index in [1.54, 1.807) is 18.2 Å². The van der Waals surface area contributed by atoms with Crippen LogP contribution < -0.4 is 0 Å². The van der Waals surface area contributed by atoms with Crippen LogP contribution in [0.4, 0.5) is 0 Å². The summed E-state index contributed by atoms with van der Waals surface area (Å²) in [5.74, 6) is 5.56. The molecule has 1 N–H and O–H groups in total. The minimum Gasteiger partial charge on any atom is -0.395 e. The van der Waals surface area contributed by atoms with Crippen LogP contribution in [0.5, 0.6) is 0 Å². The number of benzene rings is 1. The van der Waals surface area contributed by atoms with Gasteiger partial charge in [0, 0.05) is 22.6 Å². The molecule has 0 atom stereocenters. The van der Waals surface area contributed by atoms with Gasteiger partial charge < -0.3 is 5.11 Å². The summed E-state index contributed by atoms with van der Waals surface area (Å²) in [5.41, 5.74) is 1.19. The maximum atomic E-state index is 10.5. The van der Waals surface area contributed by atoms with Crippen molar-refractivity contribution < 1.29 is 9.90 Å². The zero-order valence-electron chi connectivity index (χ0n) is 7.46. The number of carbonyl (C=O) groups excluding carboxylic acids is 1. The van der Waals surface area contributed by atoms with Crippen molar-refractivity contribution >= 4 is 17.9 Å². The number of rotatable bonds is 2. The summed E-state index contributed by atoms with van der Waals surface area (Å²) in [6.45, 7) is 0.0358. The van der Waals surface area contributed by atoms with E-state index < -0.39 is 0 Å². The highest BCUT2D eigenvalue weighted by Gasteiger charge is 1.95. The lowest BCUT2D eigenvalue weighted by Gasteiger charge is -1.94.